The molecule has 1 saturated heterocycles. The van der Waals surface area contributed by atoms with Crippen molar-refractivity contribution in [1.29, 1.82) is 0 Å². The second-order valence-corrected chi connectivity index (χ2v) is 5.64. The van der Waals surface area contributed by atoms with Crippen LogP contribution in [0.3, 0.4) is 0 Å². The van der Waals surface area contributed by atoms with Crippen molar-refractivity contribution in [3.8, 4) is 5.75 Å². The van der Waals surface area contributed by atoms with E-state index in [1.807, 2.05) is 37.4 Å². The number of ether oxygens (including phenoxy) is 1. The van der Waals surface area contributed by atoms with Crippen LogP contribution < -0.4 is 15.0 Å². The first-order valence-electron chi connectivity index (χ1n) is 7.70. The van der Waals surface area contributed by atoms with Gasteiger partial charge in [0.25, 0.3) is 0 Å². The number of rotatable bonds is 4. The smallest absolute Gasteiger partial charge is 0.225 e. The van der Waals surface area contributed by atoms with Crippen LogP contribution in [0.15, 0.2) is 36.5 Å². The van der Waals surface area contributed by atoms with Crippen LogP contribution in [0, 0.1) is 6.92 Å². The summed E-state index contributed by atoms with van der Waals surface area (Å²) in [5.41, 5.74) is 2.13. The molecule has 1 aliphatic heterocycles. The lowest BCUT2D eigenvalue weighted by Gasteiger charge is -2.33. The van der Waals surface area contributed by atoms with E-state index in [9.17, 15) is 0 Å². The molecular formula is C17H22N4O. The third-order valence-electron chi connectivity index (χ3n) is 4.00. The van der Waals surface area contributed by atoms with E-state index in [4.69, 9.17) is 4.74 Å². The number of anilines is 2. The summed E-state index contributed by atoms with van der Waals surface area (Å²) < 4.78 is 5.27. The zero-order valence-electron chi connectivity index (χ0n) is 13.1. The number of nitrogens with one attached hydrogen (secondary N) is 1. The number of piperidine rings is 1. The van der Waals surface area contributed by atoms with Gasteiger partial charge in [-0.15, -0.1) is 0 Å². The van der Waals surface area contributed by atoms with Crippen molar-refractivity contribution in [3.05, 3.63) is 42.2 Å². The lowest BCUT2D eigenvalue weighted by Crippen LogP contribution is -2.40. The van der Waals surface area contributed by atoms with Gasteiger partial charge in [0.1, 0.15) is 5.75 Å². The molecule has 0 spiro atoms. The van der Waals surface area contributed by atoms with E-state index in [0.29, 0.717) is 6.04 Å². The van der Waals surface area contributed by atoms with Crippen molar-refractivity contribution in [2.75, 3.05) is 30.4 Å². The summed E-state index contributed by atoms with van der Waals surface area (Å²) in [4.78, 5) is 11.1. The summed E-state index contributed by atoms with van der Waals surface area (Å²) in [5, 5.41) is 3.59. The van der Waals surface area contributed by atoms with Crippen molar-refractivity contribution in [2.24, 2.45) is 0 Å². The third kappa shape index (κ3) is 3.47. The van der Waals surface area contributed by atoms with Crippen LogP contribution in [0.25, 0.3) is 0 Å². The highest BCUT2D eigenvalue weighted by molar-refractivity contribution is 5.49. The fraction of sp³-hybridized carbons (Fsp3) is 0.412. The molecule has 2 aromatic rings. The maximum atomic E-state index is 5.27. The van der Waals surface area contributed by atoms with Crippen molar-refractivity contribution < 1.29 is 4.74 Å². The zero-order chi connectivity index (χ0) is 15.4. The van der Waals surface area contributed by atoms with Gasteiger partial charge in [0, 0.05) is 42.8 Å². The zero-order valence-corrected chi connectivity index (χ0v) is 13.1. The summed E-state index contributed by atoms with van der Waals surface area (Å²) in [7, 11) is 1.69. The predicted molar refractivity (Wildman–Crippen MR) is 88.6 cm³/mol. The number of nitrogens with zero attached hydrogens (tertiary/aromatic N) is 3. The molecule has 3 rings (SSSR count). The minimum absolute atomic E-state index is 0.480. The monoisotopic (exact) mass is 298 g/mol. The average molecular weight is 298 g/mol. The largest absolute Gasteiger partial charge is 0.497 e. The van der Waals surface area contributed by atoms with Gasteiger partial charge in [0.05, 0.1) is 7.11 Å². The fourth-order valence-electron chi connectivity index (χ4n) is 2.76. The molecule has 1 aromatic carbocycles. The maximum absolute atomic E-state index is 5.27. The average Bonchev–Trinajstić information content (AvgIpc) is 2.56. The van der Waals surface area contributed by atoms with Crippen molar-refractivity contribution >= 4 is 11.6 Å². The minimum atomic E-state index is 0.480. The number of hydrogen-bond donors (Lipinski definition) is 1. The van der Waals surface area contributed by atoms with Crippen LogP contribution in [-0.4, -0.2) is 36.2 Å². The first kappa shape index (κ1) is 14.6. The molecule has 1 aliphatic rings. The van der Waals surface area contributed by atoms with E-state index >= 15 is 0 Å². The number of benzene rings is 1. The van der Waals surface area contributed by atoms with E-state index in [1.54, 1.807) is 7.11 Å². The second kappa shape index (κ2) is 6.64. The summed E-state index contributed by atoms with van der Waals surface area (Å²) in [6.45, 7) is 3.96. The predicted octanol–water partition coefficient (Wildman–Crippen LogP) is 2.87. The normalized spacial score (nSPS) is 15.6. The summed E-state index contributed by atoms with van der Waals surface area (Å²) in [6.07, 6.45) is 3.99. The number of methoxy groups -OCH3 is 1. The molecule has 22 heavy (non-hydrogen) atoms. The quantitative estimate of drug-likeness (QED) is 0.940. The Hall–Kier alpha value is -2.30. The molecule has 0 radical (unpaired) electrons. The Labute approximate surface area is 131 Å². The standard InChI is InChI=1S/C17H22N4O/c1-13-6-9-18-17(19-13)21-10-7-14(8-11-21)20-15-4-3-5-16(12-15)22-2/h3-6,9,12,14,20H,7-8,10-11H2,1-2H3. The van der Waals surface area contributed by atoms with Gasteiger partial charge in [-0.3, -0.25) is 0 Å². The van der Waals surface area contributed by atoms with Gasteiger partial charge >= 0.3 is 0 Å². The van der Waals surface area contributed by atoms with Crippen LogP contribution in [-0.2, 0) is 0 Å². The van der Waals surface area contributed by atoms with Crippen molar-refractivity contribution in [3.63, 3.8) is 0 Å². The Kier molecular flexibility index (Phi) is 4.42. The lowest BCUT2D eigenvalue weighted by atomic mass is 10.0. The summed E-state index contributed by atoms with van der Waals surface area (Å²) in [5.74, 6) is 1.73. The summed E-state index contributed by atoms with van der Waals surface area (Å²) in [6, 6.07) is 10.5. The van der Waals surface area contributed by atoms with E-state index in [0.717, 1.165) is 49.0 Å². The van der Waals surface area contributed by atoms with E-state index in [2.05, 4.69) is 26.3 Å². The van der Waals surface area contributed by atoms with Crippen molar-refractivity contribution in [1.82, 2.24) is 9.97 Å². The molecule has 0 bridgehead atoms. The number of hydrogen-bond acceptors (Lipinski definition) is 5. The van der Waals surface area contributed by atoms with Crippen LogP contribution in [0.1, 0.15) is 18.5 Å². The van der Waals surface area contributed by atoms with Gasteiger partial charge in [-0.1, -0.05) is 6.07 Å². The van der Waals surface area contributed by atoms with Crippen LogP contribution in [0.4, 0.5) is 11.6 Å². The van der Waals surface area contributed by atoms with Crippen molar-refractivity contribution in [2.45, 2.75) is 25.8 Å². The molecule has 0 saturated carbocycles. The molecule has 0 unspecified atom stereocenters. The van der Waals surface area contributed by atoms with Crippen LogP contribution in [0.2, 0.25) is 0 Å². The van der Waals surface area contributed by atoms with Crippen LogP contribution >= 0.6 is 0 Å². The van der Waals surface area contributed by atoms with Gasteiger partial charge in [-0.05, 0) is 38.0 Å². The van der Waals surface area contributed by atoms with Gasteiger partial charge in [0.2, 0.25) is 5.95 Å². The van der Waals surface area contributed by atoms with E-state index < -0.39 is 0 Å². The molecule has 2 heterocycles. The minimum Gasteiger partial charge on any atom is -0.497 e. The Bertz CT molecular complexity index is 624. The molecule has 5 nitrogen and oxygen atoms in total. The number of aromatic nitrogens is 2. The van der Waals surface area contributed by atoms with E-state index in [-0.39, 0.29) is 0 Å². The highest BCUT2D eigenvalue weighted by Gasteiger charge is 2.20. The van der Waals surface area contributed by atoms with Gasteiger partial charge in [0.15, 0.2) is 0 Å². The number of aryl methyl sites for hydroxylation is 1. The Morgan fingerprint density at radius 3 is 2.77 bits per heavy atom. The third-order valence-corrected chi connectivity index (χ3v) is 4.00. The molecule has 1 aromatic heterocycles. The maximum Gasteiger partial charge on any atom is 0.225 e. The SMILES string of the molecule is COc1cccc(NC2CCN(c3nccc(C)n3)CC2)c1. The van der Waals surface area contributed by atoms with E-state index in [1.165, 1.54) is 0 Å². The molecule has 0 aliphatic carbocycles. The second-order valence-electron chi connectivity index (χ2n) is 5.64. The molecule has 1 fully saturated rings. The lowest BCUT2D eigenvalue weighted by molar-refractivity contribution is 0.415. The molecule has 5 heteroatoms. The fourth-order valence-corrected chi connectivity index (χ4v) is 2.76. The Morgan fingerprint density at radius 1 is 1.23 bits per heavy atom. The van der Waals surface area contributed by atoms with Gasteiger partial charge in [-0.2, -0.15) is 0 Å². The first-order valence-corrected chi connectivity index (χ1v) is 7.70. The van der Waals surface area contributed by atoms with Gasteiger partial charge in [-0.25, -0.2) is 9.97 Å². The highest BCUT2D eigenvalue weighted by Crippen LogP contribution is 2.22. The molecule has 1 N–H and O–H groups in total. The Balaban J connectivity index is 1.57. The van der Waals surface area contributed by atoms with Gasteiger partial charge < -0.3 is 15.0 Å². The van der Waals surface area contributed by atoms with Crippen LogP contribution in [0.5, 0.6) is 5.75 Å². The first-order chi connectivity index (χ1) is 10.7. The molecule has 0 atom stereocenters. The molecule has 0 amide bonds. The highest BCUT2D eigenvalue weighted by atomic mass is 16.5. The Morgan fingerprint density at radius 2 is 2.05 bits per heavy atom. The topological polar surface area (TPSA) is 50.3 Å². The summed E-state index contributed by atoms with van der Waals surface area (Å²) >= 11 is 0. The molecular weight excluding hydrogens is 276 g/mol. The molecule has 116 valence electrons.